The Morgan fingerprint density at radius 1 is 1.19 bits per heavy atom. The molecule has 8 nitrogen and oxygen atoms in total. The molecule has 0 fully saturated rings. The topological polar surface area (TPSA) is 89.2 Å². The average Bonchev–Trinajstić information content (AvgIpc) is 3.27. The molecular weight excluding hydrogens is 401 g/mol. The highest BCUT2D eigenvalue weighted by Gasteiger charge is 2.29. The van der Waals surface area contributed by atoms with Crippen molar-refractivity contribution in [3.05, 3.63) is 81.3 Å². The quantitative estimate of drug-likeness (QED) is 0.693. The highest BCUT2D eigenvalue weighted by Crippen LogP contribution is 2.23. The standard InChI is InChI=1S/C22H22FN5O3/c1-3-28-18(8-10-25-28)21(30)26-11-9-17-14(12-26)13-27(16-6-4-15(23)5-7-16)22(31)19(17)20(29)24-2/h4-8,10,13H,3,9,11-12H2,1-2H3,(H,24,29). The molecule has 1 aliphatic heterocycles. The zero-order chi connectivity index (χ0) is 22.1. The summed E-state index contributed by atoms with van der Waals surface area (Å²) in [5.41, 5.74) is 1.83. The van der Waals surface area contributed by atoms with Crippen LogP contribution in [0.3, 0.4) is 0 Å². The van der Waals surface area contributed by atoms with Gasteiger partial charge in [0.05, 0.1) is 0 Å². The van der Waals surface area contributed by atoms with Crippen molar-refractivity contribution in [3.8, 4) is 5.69 Å². The summed E-state index contributed by atoms with van der Waals surface area (Å²) in [5.74, 6) is -1.07. The van der Waals surface area contributed by atoms with E-state index in [1.807, 2.05) is 6.92 Å². The van der Waals surface area contributed by atoms with E-state index in [-0.39, 0.29) is 18.0 Å². The number of nitrogens with zero attached hydrogens (tertiary/aromatic N) is 4. The first-order valence-electron chi connectivity index (χ1n) is 10.0. The Morgan fingerprint density at radius 3 is 2.61 bits per heavy atom. The van der Waals surface area contributed by atoms with Crippen LogP contribution >= 0.6 is 0 Å². The lowest BCUT2D eigenvalue weighted by Gasteiger charge is -2.30. The van der Waals surface area contributed by atoms with Crippen LogP contribution in [0.5, 0.6) is 0 Å². The Morgan fingerprint density at radius 2 is 1.94 bits per heavy atom. The van der Waals surface area contributed by atoms with Gasteiger partial charge in [-0.05, 0) is 54.8 Å². The van der Waals surface area contributed by atoms with Gasteiger partial charge in [0.2, 0.25) is 0 Å². The summed E-state index contributed by atoms with van der Waals surface area (Å²) in [5, 5.41) is 6.68. The smallest absolute Gasteiger partial charge is 0.272 e. The van der Waals surface area contributed by atoms with Crippen molar-refractivity contribution < 1.29 is 14.0 Å². The number of fused-ring (bicyclic) bond motifs is 1. The second-order valence-corrected chi connectivity index (χ2v) is 7.25. The van der Waals surface area contributed by atoms with Gasteiger partial charge in [0.1, 0.15) is 17.1 Å². The minimum atomic E-state index is -0.485. The number of nitrogens with one attached hydrogen (secondary N) is 1. The summed E-state index contributed by atoms with van der Waals surface area (Å²) >= 11 is 0. The second kappa shape index (κ2) is 8.17. The number of hydrogen-bond donors (Lipinski definition) is 1. The van der Waals surface area contributed by atoms with Gasteiger partial charge in [-0.15, -0.1) is 0 Å². The molecule has 4 rings (SSSR count). The van der Waals surface area contributed by atoms with Crippen molar-refractivity contribution in [3.63, 3.8) is 0 Å². The molecule has 0 unspecified atom stereocenters. The summed E-state index contributed by atoms with van der Waals surface area (Å²) in [6, 6.07) is 7.13. The number of amides is 2. The van der Waals surface area contributed by atoms with Gasteiger partial charge < -0.3 is 10.2 Å². The third-order valence-corrected chi connectivity index (χ3v) is 5.48. The van der Waals surface area contributed by atoms with Gasteiger partial charge in [0.15, 0.2) is 0 Å². The lowest BCUT2D eigenvalue weighted by atomic mass is 9.95. The Labute approximate surface area is 177 Å². The van der Waals surface area contributed by atoms with Gasteiger partial charge in [-0.3, -0.25) is 23.6 Å². The lowest BCUT2D eigenvalue weighted by Crippen LogP contribution is -2.41. The van der Waals surface area contributed by atoms with Crippen molar-refractivity contribution in [1.29, 1.82) is 0 Å². The van der Waals surface area contributed by atoms with Crippen molar-refractivity contribution >= 4 is 11.8 Å². The number of halogens is 1. The van der Waals surface area contributed by atoms with E-state index in [4.69, 9.17) is 0 Å². The normalized spacial score (nSPS) is 13.1. The van der Waals surface area contributed by atoms with Crippen LogP contribution in [0.1, 0.15) is 38.9 Å². The first-order valence-corrected chi connectivity index (χ1v) is 10.0. The van der Waals surface area contributed by atoms with Crippen LogP contribution in [-0.4, -0.2) is 44.7 Å². The van der Waals surface area contributed by atoms with E-state index in [0.717, 1.165) is 0 Å². The van der Waals surface area contributed by atoms with Crippen LogP contribution in [-0.2, 0) is 19.5 Å². The molecule has 0 aliphatic carbocycles. The summed E-state index contributed by atoms with van der Waals surface area (Å²) in [7, 11) is 1.47. The van der Waals surface area contributed by atoms with Crippen LogP contribution < -0.4 is 10.9 Å². The lowest BCUT2D eigenvalue weighted by molar-refractivity contribution is 0.0721. The van der Waals surface area contributed by atoms with Crippen LogP contribution in [0.4, 0.5) is 4.39 Å². The van der Waals surface area contributed by atoms with Crippen LogP contribution in [0.15, 0.2) is 47.5 Å². The van der Waals surface area contributed by atoms with Crippen LogP contribution in [0.2, 0.25) is 0 Å². The predicted molar refractivity (Wildman–Crippen MR) is 112 cm³/mol. The summed E-state index contributed by atoms with van der Waals surface area (Å²) in [6.07, 6.45) is 3.60. The fourth-order valence-electron chi connectivity index (χ4n) is 3.91. The van der Waals surface area contributed by atoms with E-state index in [1.54, 1.807) is 28.0 Å². The number of benzene rings is 1. The number of aryl methyl sites for hydroxylation is 1. The fraction of sp³-hybridized carbons (Fsp3) is 0.273. The molecule has 3 aromatic rings. The zero-order valence-corrected chi connectivity index (χ0v) is 17.3. The minimum absolute atomic E-state index is 0.0509. The number of carbonyl (C=O) groups excluding carboxylic acids is 2. The molecule has 2 aromatic heterocycles. The largest absolute Gasteiger partial charge is 0.355 e. The summed E-state index contributed by atoms with van der Waals surface area (Å²) in [4.78, 5) is 40.4. The minimum Gasteiger partial charge on any atom is -0.355 e. The van der Waals surface area contributed by atoms with Crippen LogP contribution in [0.25, 0.3) is 5.69 Å². The number of carbonyl (C=O) groups is 2. The van der Waals surface area contributed by atoms with Crippen molar-refractivity contribution in [2.75, 3.05) is 13.6 Å². The molecule has 1 aromatic carbocycles. The number of aromatic nitrogens is 3. The van der Waals surface area contributed by atoms with Gasteiger partial charge in [-0.2, -0.15) is 5.10 Å². The second-order valence-electron chi connectivity index (χ2n) is 7.25. The molecule has 160 valence electrons. The van der Waals surface area contributed by atoms with Gasteiger partial charge in [-0.25, -0.2) is 4.39 Å². The van der Waals surface area contributed by atoms with E-state index < -0.39 is 17.3 Å². The molecule has 3 heterocycles. The molecule has 1 N–H and O–H groups in total. The Bertz CT molecular complexity index is 1210. The molecule has 2 amide bonds. The molecule has 0 radical (unpaired) electrons. The van der Waals surface area contributed by atoms with Gasteiger partial charge >= 0.3 is 0 Å². The molecule has 0 bridgehead atoms. The van der Waals surface area contributed by atoms with E-state index in [2.05, 4.69) is 10.4 Å². The summed E-state index contributed by atoms with van der Waals surface area (Å²) in [6.45, 7) is 3.11. The van der Waals surface area contributed by atoms with E-state index in [1.165, 1.54) is 35.9 Å². The molecule has 0 saturated heterocycles. The third kappa shape index (κ3) is 3.63. The molecule has 9 heteroatoms. The zero-order valence-electron chi connectivity index (χ0n) is 17.3. The SMILES string of the molecule is CCn1nccc1C(=O)N1CCc2c(cn(-c3ccc(F)cc3)c(=O)c2C(=O)NC)C1. The van der Waals surface area contributed by atoms with Crippen LogP contribution in [0, 0.1) is 5.82 Å². The van der Waals surface area contributed by atoms with E-state index >= 15 is 0 Å². The van der Waals surface area contributed by atoms with E-state index in [0.29, 0.717) is 42.0 Å². The highest BCUT2D eigenvalue weighted by molar-refractivity contribution is 5.96. The maximum atomic E-state index is 13.4. The fourth-order valence-corrected chi connectivity index (χ4v) is 3.91. The first-order chi connectivity index (χ1) is 14.9. The number of rotatable bonds is 4. The van der Waals surface area contributed by atoms with Gasteiger partial charge in [-0.1, -0.05) is 0 Å². The maximum Gasteiger partial charge on any atom is 0.272 e. The van der Waals surface area contributed by atoms with E-state index in [9.17, 15) is 18.8 Å². The first kappa shape index (κ1) is 20.5. The molecule has 0 saturated carbocycles. The Hall–Kier alpha value is -3.75. The van der Waals surface area contributed by atoms with Crippen molar-refractivity contribution in [2.24, 2.45) is 0 Å². The highest BCUT2D eigenvalue weighted by atomic mass is 19.1. The maximum absolute atomic E-state index is 13.4. The van der Waals surface area contributed by atoms with Gasteiger partial charge in [0.25, 0.3) is 17.4 Å². The molecule has 0 atom stereocenters. The average molecular weight is 423 g/mol. The third-order valence-electron chi connectivity index (χ3n) is 5.48. The molecule has 0 spiro atoms. The molecule has 1 aliphatic rings. The Balaban J connectivity index is 1.79. The van der Waals surface area contributed by atoms with Crippen molar-refractivity contribution in [2.45, 2.75) is 26.4 Å². The predicted octanol–water partition coefficient (Wildman–Crippen LogP) is 1.75. The number of hydrogen-bond acceptors (Lipinski definition) is 4. The van der Waals surface area contributed by atoms with Gasteiger partial charge in [0, 0.05) is 44.8 Å². The monoisotopic (exact) mass is 423 g/mol. The molecule has 31 heavy (non-hydrogen) atoms. The molecular formula is C22H22FN5O3. The van der Waals surface area contributed by atoms with Crippen molar-refractivity contribution in [1.82, 2.24) is 24.6 Å². The summed E-state index contributed by atoms with van der Waals surface area (Å²) < 4.78 is 16.3. The number of pyridine rings is 1. The Kier molecular flexibility index (Phi) is 5.41.